The Labute approximate surface area is 187 Å². The number of likely N-dealkylation sites (tertiary alicyclic amines) is 1. The van der Waals surface area contributed by atoms with Crippen LogP contribution in [0.2, 0.25) is 0 Å². The van der Waals surface area contributed by atoms with Crippen molar-refractivity contribution in [2.24, 2.45) is 10.4 Å². The summed E-state index contributed by atoms with van der Waals surface area (Å²) in [6.07, 6.45) is 3.62. The van der Waals surface area contributed by atoms with Gasteiger partial charge in [-0.3, -0.25) is 9.89 Å². The molecule has 2 fully saturated rings. The van der Waals surface area contributed by atoms with E-state index in [4.69, 9.17) is 4.99 Å². The highest BCUT2D eigenvalue weighted by atomic mass is 127. The number of anilines is 1. The number of aliphatic imine (C=N–C) groups is 1. The van der Waals surface area contributed by atoms with Gasteiger partial charge in [0.15, 0.2) is 5.96 Å². The fourth-order valence-corrected chi connectivity index (χ4v) is 3.72. The number of guanidine groups is 1. The van der Waals surface area contributed by atoms with Crippen molar-refractivity contribution in [3.05, 3.63) is 18.5 Å². The van der Waals surface area contributed by atoms with Crippen molar-refractivity contribution in [3.63, 3.8) is 0 Å². The summed E-state index contributed by atoms with van der Waals surface area (Å²) in [7, 11) is 0. The molecular formula is C20H36IN7. The van der Waals surface area contributed by atoms with E-state index in [9.17, 15) is 0 Å². The van der Waals surface area contributed by atoms with Gasteiger partial charge in [-0.1, -0.05) is 13.8 Å². The predicted molar refractivity (Wildman–Crippen MR) is 127 cm³/mol. The summed E-state index contributed by atoms with van der Waals surface area (Å²) < 4.78 is 0. The van der Waals surface area contributed by atoms with Crippen LogP contribution < -0.4 is 10.2 Å². The number of nitrogens with one attached hydrogen (secondary N) is 1. The second kappa shape index (κ2) is 9.56. The third-order valence-corrected chi connectivity index (χ3v) is 6.36. The molecule has 0 aromatic carbocycles. The van der Waals surface area contributed by atoms with Crippen LogP contribution >= 0.6 is 24.0 Å². The summed E-state index contributed by atoms with van der Waals surface area (Å²) in [6, 6.07) is 1.86. The monoisotopic (exact) mass is 501 g/mol. The maximum atomic E-state index is 4.92. The fourth-order valence-electron chi connectivity index (χ4n) is 3.72. The number of nitrogens with zero attached hydrogens (tertiary/aromatic N) is 6. The van der Waals surface area contributed by atoms with Gasteiger partial charge in [0, 0.05) is 69.2 Å². The largest absolute Gasteiger partial charge is 0.356 e. The van der Waals surface area contributed by atoms with Gasteiger partial charge in [0.25, 0.3) is 0 Å². The smallest absolute Gasteiger partial charge is 0.225 e. The fraction of sp³-hybridized carbons (Fsp3) is 0.750. The van der Waals surface area contributed by atoms with E-state index in [2.05, 4.69) is 64.6 Å². The van der Waals surface area contributed by atoms with Crippen LogP contribution in [-0.2, 0) is 0 Å². The van der Waals surface area contributed by atoms with Crippen molar-refractivity contribution in [3.8, 4) is 0 Å². The van der Waals surface area contributed by atoms with Gasteiger partial charge in [-0.2, -0.15) is 0 Å². The molecule has 1 N–H and O–H groups in total. The first kappa shape index (κ1) is 23.1. The average molecular weight is 501 g/mol. The van der Waals surface area contributed by atoms with Crippen LogP contribution in [0.5, 0.6) is 0 Å². The first-order chi connectivity index (χ1) is 12.8. The van der Waals surface area contributed by atoms with E-state index in [1.165, 1.54) is 0 Å². The molecule has 1 aromatic rings. The van der Waals surface area contributed by atoms with Crippen molar-refractivity contribution in [1.29, 1.82) is 0 Å². The third kappa shape index (κ3) is 4.87. The Bertz CT molecular complexity index is 639. The van der Waals surface area contributed by atoms with Crippen molar-refractivity contribution >= 4 is 35.9 Å². The van der Waals surface area contributed by atoms with Crippen LogP contribution in [0.15, 0.2) is 23.5 Å². The van der Waals surface area contributed by atoms with Gasteiger partial charge >= 0.3 is 0 Å². The standard InChI is InChI=1S/C20H35N7.HI/c1-6-21-18(27-16-19(2,3)20(27,4)5)24-10-11-25-12-14-26(15-13-25)17-22-8-7-9-23-17;/h7-9H,6,10-16H2,1-5H3,(H,21,24);1H. The van der Waals surface area contributed by atoms with E-state index in [-0.39, 0.29) is 29.5 Å². The minimum Gasteiger partial charge on any atom is -0.356 e. The maximum absolute atomic E-state index is 4.92. The lowest BCUT2D eigenvalue weighted by atomic mass is 9.65. The van der Waals surface area contributed by atoms with E-state index >= 15 is 0 Å². The van der Waals surface area contributed by atoms with Gasteiger partial charge in [0.2, 0.25) is 5.95 Å². The molecule has 2 saturated heterocycles. The number of hydrogen-bond donors (Lipinski definition) is 1. The molecule has 28 heavy (non-hydrogen) atoms. The maximum Gasteiger partial charge on any atom is 0.225 e. The van der Waals surface area contributed by atoms with Crippen molar-refractivity contribution in [1.82, 2.24) is 25.1 Å². The molecule has 0 bridgehead atoms. The molecule has 0 aliphatic carbocycles. The van der Waals surface area contributed by atoms with Gasteiger partial charge in [0.1, 0.15) is 0 Å². The Balaban J connectivity index is 0.00000280. The highest BCUT2D eigenvalue weighted by Gasteiger charge is 2.53. The number of rotatable bonds is 5. The van der Waals surface area contributed by atoms with E-state index in [1.807, 2.05) is 18.5 Å². The molecule has 0 saturated carbocycles. The lowest BCUT2D eigenvalue weighted by Crippen LogP contribution is -2.72. The second-order valence-corrected chi connectivity index (χ2v) is 8.64. The zero-order valence-electron chi connectivity index (χ0n) is 18.0. The first-order valence-corrected chi connectivity index (χ1v) is 10.2. The zero-order chi connectivity index (χ0) is 19.5. The van der Waals surface area contributed by atoms with E-state index < -0.39 is 0 Å². The summed E-state index contributed by atoms with van der Waals surface area (Å²) in [5.41, 5.74) is 0.453. The molecule has 0 amide bonds. The normalized spacial score (nSPS) is 21.7. The minimum atomic E-state index is 0. The van der Waals surface area contributed by atoms with Crippen molar-refractivity contribution in [2.75, 3.05) is 57.3 Å². The Morgan fingerprint density at radius 2 is 1.75 bits per heavy atom. The van der Waals surface area contributed by atoms with Crippen LogP contribution in [-0.4, -0.2) is 83.6 Å². The molecule has 3 rings (SSSR count). The van der Waals surface area contributed by atoms with Crippen LogP contribution in [0.25, 0.3) is 0 Å². The van der Waals surface area contributed by atoms with E-state index in [1.54, 1.807) is 0 Å². The summed E-state index contributed by atoms with van der Waals surface area (Å²) in [5.74, 6) is 1.89. The minimum absolute atomic E-state index is 0. The molecule has 2 aliphatic heterocycles. The number of aromatic nitrogens is 2. The molecule has 2 aliphatic rings. The SMILES string of the molecule is CCNC(=NCCN1CCN(c2ncccn2)CC1)N1CC(C)(C)C1(C)C.I. The highest BCUT2D eigenvalue weighted by Crippen LogP contribution is 2.46. The lowest BCUT2D eigenvalue weighted by Gasteiger charge is -2.62. The average Bonchev–Trinajstić information content (AvgIpc) is 2.67. The molecular weight excluding hydrogens is 465 g/mol. The molecule has 1 aromatic heterocycles. The number of halogens is 1. The summed E-state index contributed by atoms with van der Waals surface area (Å²) in [6.45, 7) is 19.2. The molecule has 0 spiro atoms. The van der Waals surface area contributed by atoms with Crippen LogP contribution in [0.1, 0.15) is 34.6 Å². The van der Waals surface area contributed by atoms with Gasteiger partial charge in [0.05, 0.1) is 6.54 Å². The molecule has 158 valence electrons. The van der Waals surface area contributed by atoms with Crippen LogP contribution in [0.3, 0.4) is 0 Å². The zero-order valence-corrected chi connectivity index (χ0v) is 20.3. The Morgan fingerprint density at radius 3 is 2.29 bits per heavy atom. The topological polar surface area (TPSA) is 59.9 Å². The summed E-state index contributed by atoms with van der Waals surface area (Å²) in [5, 5.41) is 3.48. The quantitative estimate of drug-likeness (QED) is 0.380. The number of hydrogen-bond acceptors (Lipinski definition) is 5. The molecule has 3 heterocycles. The second-order valence-electron chi connectivity index (χ2n) is 8.64. The van der Waals surface area contributed by atoms with E-state index in [0.717, 1.165) is 64.3 Å². The van der Waals surface area contributed by atoms with Crippen LogP contribution in [0.4, 0.5) is 5.95 Å². The molecule has 7 nitrogen and oxygen atoms in total. The van der Waals surface area contributed by atoms with Gasteiger partial charge in [-0.25, -0.2) is 9.97 Å². The van der Waals surface area contributed by atoms with E-state index in [0.29, 0.717) is 5.41 Å². The Hall–Kier alpha value is -1.16. The Kier molecular flexibility index (Phi) is 7.89. The molecule has 0 unspecified atom stereocenters. The predicted octanol–water partition coefficient (Wildman–Crippen LogP) is 2.30. The Morgan fingerprint density at radius 1 is 1.11 bits per heavy atom. The molecule has 0 atom stereocenters. The van der Waals surface area contributed by atoms with Gasteiger partial charge in [-0.15, -0.1) is 24.0 Å². The third-order valence-electron chi connectivity index (χ3n) is 6.36. The van der Waals surface area contributed by atoms with Gasteiger partial charge < -0.3 is 15.1 Å². The van der Waals surface area contributed by atoms with Crippen molar-refractivity contribution in [2.45, 2.75) is 40.2 Å². The summed E-state index contributed by atoms with van der Waals surface area (Å²) >= 11 is 0. The van der Waals surface area contributed by atoms with Gasteiger partial charge in [-0.05, 0) is 26.8 Å². The number of piperazine rings is 1. The lowest BCUT2D eigenvalue weighted by molar-refractivity contribution is -0.0667. The van der Waals surface area contributed by atoms with Crippen molar-refractivity contribution < 1.29 is 0 Å². The molecule has 8 heteroatoms. The molecule has 0 radical (unpaired) electrons. The van der Waals surface area contributed by atoms with Crippen LogP contribution in [0, 0.1) is 5.41 Å². The highest BCUT2D eigenvalue weighted by molar-refractivity contribution is 14.0. The first-order valence-electron chi connectivity index (χ1n) is 10.2. The summed E-state index contributed by atoms with van der Waals surface area (Å²) in [4.78, 5) is 20.8.